The van der Waals surface area contributed by atoms with Crippen molar-refractivity contribution in [3.05, 3.63) is 51.4 Å². The number of ether oxygens (including phenoxy) is 3. The lowest BCUT2D eigenvalue weighted by Crippen LogP contribution is -2.45. The molecule has 4 heterocycles. The van der Waals surface area contributed by atoms with Crippen LogP contribution in [0.15, 0.2) is 35.8 Å². The molecule has 0 spiro atoms. The summed E-state index contributed by atoms with van der Waals surface area (Å²) >= 11 is 13.5. The molecule has 0 aliphatic carbocycles. The van der Waals surface area contributed by atoms with Gasteiger partial charge in [0, 0.05) is 74.7 Å². The average molecular weight is 632 g/mol. The largest absolute Gasteiger partial charge is 0.495 e. The van der Waals surface area contributed by atoms with Crippen LogP contribution < -0.4 is 25.7 Å². The fraction of sp³-hybridized carbons (Fsp3) is 0.467. The first-order valence-corrected chi connectivity index (χ1v) is 15.1. The molecular weight excluding hydrogens is 595 g/mol. The Labute approximate surface area is 260 Å². The Hall–Kier alpha value is -3.38. The predicted molar refractivity (Wildman–Crippen MR) is 168 cm³/mol. The van der Waals surface area contributed by atoms with Gasteiger partial charge in [0.25, 0.3) is 5.56 Å². The minimum Gasteiger partial charge on any atom is -0.495 e. The lowest BCUT2D eigenvalue weighted by atomic mass is 10.0. The van der Waals surface area contributed by atoms with Crippen molar-refractivity contribution >= 4 is 46.1 Å². The number of likely N-dealkylation sites (tertiary alicyclic amines) is 1. The number of hydrogen-bond acceptors (Lipinski definition) is 9. The Morgan fingerprint density at radius 1 is 1.09 bits per heavy atom. The molecule has 0 unspecified atom stereocenters. The standard InChI is InChI=1S/C30H36Cl2N6O5/c1-4-24(39)37-10-5-19(6-11-37)33-9-12-38-28-18(17-34-30(36-28)35-20-7-13-43-14-8-20)15-21(29(38)40)25-26(31)22(41-2)16-23(42-3)27(25)32/h4,15-17,19-20,33H,1,5-14H2,2-3H3,(H,34,35,36). The second kappa shape index (κ2) is 13.9. The lowest BCUT2D eigenvalue weighted by molar-refractivity contribution is -0.127. The van der Waals surface area contributed by atoms with E-state index in [1.165, 1.54) is 20.3 Å². The molecular formula is C30H36Cl2N6O5. The van der Waals surface area contributed by atoms with Gasteiger partial charge in [-0.1, -0.05) is 29.8 Å². The van der Waals surface area contributed by atoms with Gasteiger partial charge >= 0.3 is 0 Å². The van der Waals surface area contributed by atoms with Gasteiger partial charge in [-0.05, 0) is 37.8 Å². The number of carbonyl (C=O) groups excluding carboxylic acids is 1. The summed E-state index contributed by atoms with van der Waals surface area (Å²) in [6.07, 6.45) is 6.37. The van der Waals surface area contributed by atoms with E-state index in [1.54, 1.807) is 27.8 Å². The molecule has 0 atom stereocenters. The Morgan fingerprint density at radius 3 is 2.40 bits per heavy atom. The fourth-order valence-electron chi connectivity index (χ4n) is 5.58. The summed E-state index contributed by atoms with van der Waals surface area (Å²) in [5, 5.41) is 8.00. The summed E-state index contributed by atoms with van der Waals surface area (Å²) < 4.78 is 18.0. The van der Waals surface area contributed by atoms with Crippen LogP contribution in [0.1, 0.15) is 25.7 Å². The van der Waals surface area contributed by atoms with Crippen molar-refractivity contribution in [2.45, 2.75) is 44.3 Å². The lowest BCUT2D eigenvalue weighted by Gasteiger charge is -2.32. The summed E-state index contributed by atoms with van der Waals surface area (Å²) in [5.74, 6) is 1.06. The minimum absolute atomic E-state index is 0.0513. The van der Waals surface area contributed by atoms with Crippen LogP contribution in [0.2, 0.25) is 10.0 Å². The van der Waals surface area contributed by atoms with Crippen molar-refractivity contribution in [1.82, 2.24) is 24.8 Å². The van der Waals surface area contributed by atoms with Crippen LogP contribution >= 0.6 is 23.2 Å². The van der Waals surface area contributed by atoms with Crippen LogP contribution in [0.4, 0.5) is 5.95 Å². The van der Waals surface area contributed by atoms with Gasteiger partial charge < -0.3 is 29.7 Å². The van der Waals surface area contributed by atoms with Crippen LogP contribution in [0.25, 0.3) is 22.2 Å². The number of aromatic nitrogens is 3. The van der Waals surface area contributed by atoms with E-state index in [0.29, 0.717) is 73.4 Å². The summed E-state index contributed by atoms with van der Waals surface area (Å²) in [6, 6.07) is 3.69. The highest BCUT2D eigenvalue weighted by atomic mass is 35.5. The molecule has 2 aliphatic rings. The van der Waals surface area contributed by atoms with Crippen molar-refractivity contribution in [2.24, 2.45) is 0 Å². The maximum atomic E-state index is 14.2. The first kappa shape index (κ1) is 31.1. The van der Waals surface area contributed by atoms with E-state index >= 15 is 0 Å². The number of amides is 1. The van der Waals surface area contributed by atoms with E-state index in [4.69, 9.17) is 42.4 Å². The number of nitrogens with zero attached hydrogens (tertiary/aromatic N) is 4. The van der Waals surface area contributed by atoms with Crippen molar-refractivity contribution in [3.63, 3.8) is 0 Å². The zero-order valence-corrected chi connectivity index (χ0v) is 25.8. The molecule has 13 heteroatoms. The normalized spacial score (nSPS) is 16.3. The number of methoxy groups -OCH3 is 2. The van der Waals surface area contributed by atoms with E-state index in [2.05, 4.69) is 22.2 Å². The minimum atomic E-state index is -0.310. The van der Waals surface area contributed by atoms with Crippen LogP contribution in [0.3, 0.4) is 0 Å². The van der Waals surface area contributed by atoms with Crippen LogP contribution in [0, 0.1) is 0 Å². The molecule has 3 aromatic rings. The van der Waals surface area contributed by atoms with E-state index in [1.807, 2.05) is 0 Å². The number of anilines is 1. The monoisotopic (exact) mass is 630 g/mol. The van der Waals surface area contributed by atoms with Crippen molar-refractivity contribution < 1.29 is 19.0 Å². The molecule has 1 aromatic carbocycles. The van der Waals surface area contributed by atoms with Crippen molar-refractivity contribution in [3.8, 4) is 22.6 Å². The summed E-state index contributed by atoms with van der Waals surface area (Å²) in [6.45, 7) is 7.09. The van der Waals surface area contributed by atoms with Crippen LogP contribution in [-0.2, 0) is 16.1 Å². The van der Waals surface area contributed by atoms with Gasteiger partial charge in [0.05, 0.1) is 29.8 Å². The molecule has 0 bridgehead atoms. The predicted octanol–water partition coefficient (Wildman–Crippen LogP) is 4.14. The number of fused-ring (bicyclic) bond motifs is 1. The zero-order chi connectivity index (χ0) is 30.5. The van der Waals surface area contributed by atoms with E-state index in [9.17, 15) is 9.59 Å². The van der Waals surface area contributed by atoms with Gasteiger partial charge in [0.15, 0.2) is 0 Å². The molecule has 5 rings (SSSR count). The first-order chi connectivity index (χ1) is 20.8. The molecule has 2 N–H and O–H groups in total. The number of rotatable bonds is 10. The third-order valence-corrected chi connectivity index (χ3v) is 8.72. The average Bonchev–Trinajstić information content (AvgIpc) is 3.03. The maximum absolute atomic E-state index is 14.2. The topological polar surface area (TPSA) is 120 Å². The molecule has 2 saturated heterocycles. The van der Waals surface area contributed by atoms with Crippen molar-refractivity contribution in [2.75, 3.05) is 52.4 Å². The molecule has 230 valence electrons. The molecule has 1 amide bonds. The Bertz CT molecular complexity index is 1520. The van der Waals surface area contributed by atoms with E-state index in [-0.39, 0.29) is 39.2 Å². The molecule has 2 fully saturated rings. The SMILES string of the molecule is C=CC(=O)N1CCC(NCCn2c(=O)c(-c3c(Cl)c(OC)cc(OC)c3Cl)cc3cnc(NC4CCOCC4)nc32)CC1. The first-order valence-electron chi connectivity index (χ1n) is 14.3. The highest BCUT2D eigenvalue weighted by Crippen LogP contribution is 2.45. The second-order valence-electron chi connectivity index (χ2n) is 10.6. The molecule has 43 heavy (non-hydrogen) atoms. The summed E-state index contributed by atoms with van der Waals surface area (Å²) in [7, 11) is 2.97. The maximum Gasteiger partial charge on any atom is 0.260 e. The number of benzene rings is 1. The van der Waals surface area contributed by atoms with Gasteiger partial charge in [0.1, 0.15) is 17.1 Å². The number of pyridine rings is 1. The van der Waals surface area contributed by atoms with Gasteiger partial charge in [0.2, 0.25) is 11.9 Å². The summed E-state index contributed by atoms with van der Waals surface area (Å²) in [4.78, 5) is 37.3. The number of hydrogen-bond donors (Lipinski definition) is 2. The van der Waals surface area contributed by atoms with Gasteiger partial charge in [-0.2, -0.15) is 4.98 Å². The molecule has 0 radical (unpaired) electrons. The van der Waals surface area contributed by atoms with Crippen LogP contribution in [0.5, 0.6) is 11.5 Å². The number of nitrogens with one attached hydrogen (secondary N) is 2. The highest BCUT2D eigenvalue weighted by Gasteiger charge is 2.25. The number of piperidine rings is 1. The third kappa shape index (κ3) is 6.75. The second-order valence-corrected chi connectivity index (χ2v) is 11.3. The zero-order valence-electron chi connectivity index (χ0n) is 24.3. The molecule has 2 aromatic heterocycles. The van der Waals surface area contributed by atoms with E-state index in [0.717, 1.165) is 25.7 Å². The quantitative estimate of drug-likeness (QED) is 0.318. The summed E-state index contributed by atoms with van der Waals surface area (Å²) in [5.41, 5.74) is 0.783. The van der Waals surface area contributed by atoms with Crippen LogP contribution in [-0.4, -0.2) is 84.5 Å². The molecule has 0 saturated carbocycles. The number of carbonyl (C=O) groups is 1. The smallest absolute Gasteiger partial charge is 0.260 e. The van der Waals surface area contributed by atoms with Gasteiger partial charge in [-0.15, -0.1) is 0 Å². The third-order valence-electron chi connectivity index (χ3n) is 7.97. The highest BCUT2D eigenvalue weighted by molar-refractivity contribution is 6.41. The van der Waals surface area contributed by atoms with Gasteiger partial charge in [-0.25, -0.2) is 4.98 Å². The Balaban J connectivity index is 1.50. The number of halogens is 2. The van der Waals surface area contributed by atoms with E-state index < -0.39 is 0 Å². The van der Waals surface area contributed by atoms with Gasteiger partial charge in [-0.3, -0.25) is 14.2 Å². The van der Waals surface area contributed by atoms with Crippen molar-refractivity contribution in [1.29, 1.82) is 0 Å². The fourth-order valence-corrected chi connectivity index (χ4v) is 6.28. The Morgan fingerprint density at radius 2 is 1.77 bits per heavy atom. The molecule has 11 nitrogen and oxygen atoms in total. The molecule has 2 aliphatic heterocycles. The Kier molecular flexibility index (Phi) is 10.1.